The van der Waals surface area contributed by atoms with Crippen LogP contribution < -0.4 is 5.32 Å². The molecule has 1 rings (SSSR count). The molecule has 0 saturated heterocycles. The molecule has 1 unspecified atom stereocenters. The zero-order valence-corrected chi connectivity index (χ0v) is 12.3. The number of unbranched alkanes of at least 4 members (excludes halogenated alkanes) is 1. The van der Waals surface area contributed by atoms with Gasteiger partial charge in [-0.15, -0.1) is 0 Å². The molecule has 1 atom stereocenters. The highest BCUT2D eigenvalue weighted by Gasteiger charge is 2.25. The lowest BCUT2D eigenvalue weighted by Gasteiger charge is -2.24. The second-order valence-corrected chi connectivity index (χ2v) is 4.73. The molecule has 0 aromatic carbocycles. The van der Waals surface area contributed by atoms with Gasteiger partial charge in [-0.25, -0.2) is 9.59 Å². The van der Waals surface area contributed by atoms with Gasteiger partial charge in [0, 0.05) is 31.9 Å². The highest BCUT2D eigenvalue weighted by molar-refractivity contribution is 5.83. The van der Waals surface area contributed by atoms with Crippen molar-refractivity contribution in [3.63, 3.8) is 0 Å². The minimum atomic E-state index is -1.16. The van der Waals surface area contributed by atoms with Gasteiger partial charge < -0.3 is 20.4 Å². The summed E-state index contributed by atoms with van der Waals surface area (Å²) in [4.78, 5) is 24.9. The summed E-state index contributed by atoms with van der Waals surface area (Å²) in [6.45, 7) is 2.47. The van der Waals surface area contributed by atoms with E-state index in [9.17, 15) is 14.7 Å². The van der Waals surface area contributed by atoms with Crippen LogP contribution in [0.4, 0.5) is 4.79 Å². The Bertz CT molecular complexity index is 474. The van der Waals surface area contributed by atoms with E-state index in [0.29, 0.717) is 12.1 Å². The number of aliphatic hydroxyl groups is 1. The summed E-state index contributed by atoms with van der Waals surface area (Å²) in [5.41, 5.74) is 0.401. The van der Waals surface area contributed by atoms with Gasteiger partial charge in [0.25, 0.3) is 0 Å². The highest BCUT2D eigenvalue weighted by Crippen LogP contribution is 2.12. The minimum absolute atomic E-state index is 0.165. The van der Waals surface area contributed by atoms with E-state index in [0.717, 1.165) is 12.8 Å². The average molecular weight is 298 g/mol. The maximum absolute atomic E-state index is 12.1. The lowest BCUT2D eigenvalue weighted by Crippen LogP contribution is -2.45. The smallest absolute Gasteiger partial charge is 0.331 e. The number of aryl methyl sites for hydroxylation is 1. The second-order valence-electron chi connectivity index (χ2n) is 4.73. The Morgan fingerprint density at radius 2 is 2.19 bits per heavy atom. The number of nitrogens with one attached hydrogen (secondary N) is 1. The van der Waals surface area contributed by atoms with Gasteiger partial charge in [-0.3, -0.25) is 4.68 Å². The van der Waals surface area contributed by atoms with Gasteiger partial charge in [0.1, 0.15) is 0 Å². The summed E-state index contributed by atoms with van der Waals surface area (Å²) in [7, 11) is 1.67. The number of carbonyl (C=O) groups is 2. The number of urea groups is 1. The number of rotatable bonds is 8. The van der Waals surface area contributed by atoms with Crippen LogP contribution in [0.5, 0.6) is 0 Å². The number of carbonyl (C=O) groups excluding carboxylic acids is 1. The molecule has 0 fully saturated rings. The van der Waals surface area contributed by atoms with Gasteiger partial charge in [0.15, 0.2) is 6.04 Å². The number of nitrogens with zero attached hydrogens (tertiary/aromatic N) is 3. The summed E-state index contributed by atoms with van der Waals surface area (Å²) >= 11 is 0. The molecule has 0 aliphatic rings. The third-order valence-corrected chi connectivity index (χ3v) is 3.01. The fourth-order valence-corrected chi connectivity index (χ4v) is 1.88. The zero-order chi connectivity index (χ0) is 15.8. The largest absolute Gasteiger partial charge is 0.479 e. The summed E-state index contributed by atoms with van der Waals surface area (Å²) in [6, 6.07) is -1.66. The SMILES string of the molecule is CCCCN(CCO)C(=O)NC(C(=O)O)c1cnn(C)c1. The molecule has 8 nitrogen and oxygen atoms in total. The third-order valence-electron chi connectivity index (χ3n) is 3.01. The van der Waals surface area contributed by atoms with Crippen LogP contribution in [0.2, 0.25) is 0 Å². The first-order valence-corrected chi connectivity index (χ1v) is 6.87. The molecular formula is C13H22N4O4. The van der Waals surface area contributed by atoms with Gasteiger partial charge in [0.05, 0.1) is 12.8 Å². The van der Waals surface area contributed by atoms with Crippen LogP contribution in [0, 0.1) is 0 Å². The molecule has 8 heteroatoms. The van der Waals surface area contributed by atoms with Crippen molar-refractivity contribution in [2.24, 2.45) is 7.05 Å². The van der Waals surface area contributed by atoms with Crippen LogP contribution in [-0.4, -0.2) is 56.6 Å². The Kier molecular flexibility index (Phi) is 6.67. The number of carboxylic acids is 1. The molecular weight excluding hydrogens is 276 g/mol. The van der Waals surface area contributed by atoms with E-state index in [1.165, 1.54) is 15.8 Å². The molecule has 1 aromatic heterocycles. The van der Waals surface area contributed by atoms with E-state index in [2.05, 4.69) is 10.4 Å². The summed E-state index contributed by atoms with van der Waals surface area (Å²) < 4.78 is 1.47. The maximum Gasteiger partial charge on any atom is 0.331 e. The summed E-state index contributed by atoms with van der Waals surface area (Å²) in [5.74, 6) is -1.16. The number of aliphatic carboxylic acids is 1. The quantitative estimate of drug-likeness (QED) is 0.642. The Labute approximate surface area is 123 Å². The van der Waals surface area contributed by atoms with Gasteiger partial charge in [-0.2, -0.15) is 5.10 Å². The lowest BCUT2D eigenvalue weighted by molar-refractivity contribution is -0.139. The molecule has 0 saturated carbocycles. The van der Waals surface area contributed by atoms with Gasteiger partial charge in [0.2, 0.25) is 0 Å². The van der Waals surface area contributed by atoms with Gasteiger partial charge in [-0.1, -0.05) is 13.3 Å². The molecule has 2 amide bonds. The molecule has 3 N–H and O–H groups in total. The third kappa shape index (κ3) is 5.07. The zero-order valence-electron chi connectivity index (χ0n) is 12.3. The van der Waals surface area contributed by atoms with Crippen LogP contribution in [0.25, 0.3) is 0 Å². The van der Waals surface area contributed by atoms with Crippen LogP contribution in [0.15, 0.2) is 12.4 Å². The lowest BCUT2D eigenvalue weighted by atomic mass is 10.1. The van der Waals surface area contributed by atoms with Crippen molar-refractivity contribution in [1.29, 1.82) is 0 Å². The topological polar surface area (TPSA) is 108 Å². The first-order valence-electron chi connectivity index (χ1n) is 6.87. The van der Waals surface area contributed by atoms with E-state index in [-0.39, 0.29) is 13.2 Å². The molecule has 0 radical (unpaired) electrons. The number of amides is 2. The highest BCUT2D eigenvalue weighted by atomic mass is 16.4. The van der Waals surface area contributed by atoms with Crippen LogP contribution >= 0.6 is 0 Å². The van der Waals surface area contributed by atoms with Crippen LogP contribution in [-0.2, 0) is 11.8 Å². The number of aromatic nitrogens is 2. The Morgan fingerprint density at radius 3 is 2.67 bits per heavy atom. The van der Waals surface area contributed by atoms with E-state index >= 15 is 0 Å². The predicted octanol–water partition coefficient (Wildman–Crippen LogP) is 0.350. The van der Waals surface area contributed by atoms with E-state index in [1.807, 2.05) is 6.92 Å². The second kappa shape index (κ2) is 8.25. The molecule has 0 aliphatic heterocycles. The van der Waals surface area contributed by atoms with Crippen LogP contribution in [0.3, 0.4) is 0 Å². The number of carboxylic acid groups (broad SMARTS) is 1. The van der Waals surface area contributed by atoms with Crippen molar-refractivity contribution >= 4 is 12.0 Å². The van der Waals surface area contributed by atoms with E-state index in [4.69, 9.17) is 5.11 Å². The van der Waals surface area contributed by atoms with Crippen molar-refractivity contribution < 1.29 is 19.8 Å². The molecule has 0 spiro atoms. The molecule has 118 valence electrons. The number of hydrogen-bond donors (Lipinski definition) is 3. The van der Waals surface area contributed by atoms with Crippen molar-refractivity contribution in [2.75, 3.05) is 19.7 Å². The van der Waals surface area contributed by atoms with E-state index < -0.39 is 18.0 Å². The first-order chi connectivity index (χ1) is 9.99. The minimum Gasteiger partial charge on any atom is -0.479 e. The molecule has 0 aliphatic carbocycles. The normalized spacial score (nSPS) is 12.0. The van der Waals surface area contributed by atoms with Crippen molar-refractivity contribution in [3.8, 4) is 0 Å². The fourth-order valence-electron chi connectivity index (χ4n) is 1.88. The Balaban J connectivity index is 2.77. The fraction of sp³-hybridized carbons (Fsp3) is 0.615. The standard InChI is InChI=1S/C13H22N4O4/c1-3-4-5-17(6-7-18)13(21)15-11(12(19)20)10-8-14-16(2)9-10/h8-9,11,18H,3-7H2,1-2H3,(H,15,21)(H,19,20). The molecule has 1 heterocycles. The maximum atomic E-state index is 12.1. The monoisotopic (exact) mass is 298 g/mol. The summed E-state index contributed by atoms with van der Waals surface area (Å²) in [6.07, 6.45) is 4.64. The number of hydrogen-bond acceptors (Lipinski definition) is 4. The Hall–Kier alpha value is -2.09. The molecule has 21 heavy (non-hydrogen) atoms. The number of aliphatic hydroxyl groups excluding tert-OH is 1. The van der Waals surface area contributed by atoms with Crippen molar-refractivity contribution in [3.05, 3.63) is 18.0 Å². The van der Waals surface area contributed by atoms with E-state index in [1.54, 1.807) is 13.2 Å². The molecule has 1 aromatic rings. The van der Waals surface area contributed by atoms with Crippen molar-refractivity contribution in [2.45, 2.75) is 25.8 Å². The van der Waals surface area contributed by atoms with Gasteiger partial charge >= 0.3 is 12.0 Å². The average Bonchev–Trinajstić information content (AvgIpc) is 2.86. The molecule has 0 bridgehead atoms. The van der Waals surface area contributed by atoms with Crippen molar-refractivity contribution in [1.82, 2.24) is 20.0 Å². The Morgan fingerprint density at radius 1 is 1.48 bits per heavy atom. The predicted molar refractivity (Wildman–Crippen MR) is 75.7 cm³/mol. The van der Waals surface area contributed by atoms with Gasteiger partial charge in [-0.05, 0) is 6.42 Å². The summed E-state index contributed by atoms with van der Waals surface area (Å²) in [5, 5.41) is 24.6. The first kappa shape index (κ1) is 17.0. The van der Waals surface area contributed by atoms with Crippen LogP contribution in [0.1, 0.15) is 31.4 Å².